The largest absolute Gasteiger partial charge is 0.357 e. The highest BCUT2D eigenvalue weighted by atomic mass is 15.3. The summed E-state index contributed by atoms with van der Waals surface area (Å²) in [5.74, 6) is 1.99. The molecule has 0 aromatic carbocycles. The Morgan fingerprint density at radius 1 is 0.933 bits per heavy atom. The van der Waals surface area contributed by atoms with Crippen molar-refractivity contribution in [3.05, 3.63) is 0 Å². The first-order chi connectivity index (χ1) is 14.7. The Hall–Kier alpha value is -0.850. The molecule has 30 heavy (non-hydrogen) atoms. The van der Waals surface area contributed by atoms with Gasteiger partial charge < -0.3 is 20.0 Å². The van der Waals surface area contributed by atoms with E-state index in [1.807, 2.05) is 0 Å². The highest BCUT2D eigenvalue weighted by molar-refractivity contribution is 5.80. The van der Waals surface area contributed by atoms with Crippen molar-refractivity contribution in [1.82, 2.24) is 24.9 Å². The van der Waals surface area contributed by atoms with Gasteiger partial charge in [-0.1, -0.05) is 6.42 Å². The molecule has 4 heterocycles. The molecular weight excluding hydrogens is 372 g/mol. The van der Waals surface area contributed by atoms with Gasteiger partial charge in [0.15, 0.2) is 5.96 Å². The van der Waals surface area contributed by atoms with E-state index in [1.54, 1.807) is 0 Å². The monoisotopic (exact) mass is 418 g/mol. The fourth-order valence-electron chi connectivity index (χ4n) is 6.13. The van der Waals surface area contributed by atoms with Crippen LogP contribution in [0.25, 0.3) is 0 Å². The zero-order chi connectivity index (χ0) is 20.8. The molecule has 0 spiro atoms. The van der Waals surface area contributed by atoms with E-state index in [0.717, 1.165) is 19.0 Å². The van der Waals surface area contributed by atoms with Crippen LogP contribution in [0.3, 0.4) is 0 Å². The Morgan fingerprint density at radius 2 is 1.63 bits per heavy atom. The molecule has 172 valence electrons. The molecule has 1 unspecified atom stereocenters. The molecule has 6 nitrogen and oxygen atoms in total. The van der Waals surface area contributed by atoms with E-state index in [-0.39, 0.29) is 5.54 Å². The molecule has 1 atom stereocenters. The summed E-state index contributed by atoms with van der Waals surface area (Å²) in [6.45, 7) is 15.4. The maximum Gasteiger partial charge on any atom is 0.193 e. The van der Waals surface area contributed by atoms with Crippen LogP contribution in [-0.2, 0) is 0 Å². The van der Waals surface area contributed by atoms with Crippen LogP contribution < -0.4 is 5.32 Å². The third-order valence-corrected chi connectivity index (χ3v) is 8.10. The minimum absolute atomic E-state index is 0.280. The van der Waals surface area contributed by atoms with Crippen LogP contribution >= 0.6 is 0 Å². The number of likely N-dealkylation sites (tertiary alicyclic amines) is 4. The van der Waals surface area contributed by atoms with Gasteiger partial charge in [-0.3, -0.25) is 9.89 Å². The first kappa shape index (κ1) is 22.3. The number of nitrogens with zero attached hydrogens (tertiary/aromatic N) is 5. The zero-order valence-corrected chi connectivity index (χ0v) is 19.7. The summed E-state index contributed by atoms with van der Waals surface area (Å²) in [5, 5.41) is 3.64. The van der Waals surface area contributed by atoms with Crippen LogP contribution in [0.4, 0.5) is 0 Å². The second-order valence-electron chi connectivity index (χ2n) is 10.4. The van der Waals surface area contributed by atoms with Crippen LogP contribution in [0.5, 0.6) is 0 Å². The highest BCUT2D eigenvalue weighted by Gasteiger charge is 2.40. The first-order valence-corrected chi connectivity index (χ1v) is 12.9. The van der Waals surface area contributed by atoms with Gasteiger partial charge in [-0.15, -0.1) is 0 Å². The molecule has 0 aromatic heterocycles. The maximum absolute atomic E-state index is 5.32. The van der Waals surface area contributed by atoms with E-state index in [9.17, 15) is 0 Å². The van der Waals surface area contributed by atoms with Crippen molar-refractivity contribution in [2.45, 2.75) is 63.8 Å². The molecule has 4 fully saturated rings. The summed E-state index contributed by atoms with van der Waals surface area (Å²) in [6, 6.07) is 0. The average molecular weight is 419 g/mol. The third kappa shape index (κ3) is 5.49. The van der Waals surface area contributed by atoms with Crippen LogP contribution in [-0.4, -0.2) is 110 Å². The summed E-state index contributed by atoms with van der Waals surface area (Å²) < 4.78 is 0. The molecule has 4 saturated heterocycles. The van der Waals surface area contributed by atoms with E-state index in [0.29, 0.717) is 0 Å². The van der Waals surface area contributed by atoms with Crippen molar-refractivity contribution in [3.8, 4) is 0 Å². The van der Waals surface area contributed by atoms with Crippen LogP contribution in [0.15, 0.2) is 4.99 Å². The molecule has 0 radical (unpaired) electrons. The van der Waals surface area contributed by atoms with Gasteiger partial charge >= 0.3 is 0 Å². The van der Waals surface area contributed by atoms with Gasteiger partial charge in [0.05, 0.1) is 6.54 Å². The minimum atomic E-state index is 0.280. The van der Waals surface area contributed by atoms with E-state index in [4.69, 9.17) is 4.99 Å². The molecule has 0 amide bonds. The fourth-order valence-corrected chi connectivity index (χ4v) is 6.13. The number of nitrogens with one attached hydrogen (secondary N) is 1. The van der Waals surface area contributed by atoms with E-state index < -0.39 is 0 Å². The summed E-state index contributed by atoms with van der Waals surface area (Å²) >= 11 is 0. The van der Waals surface area contributed by atoms with Gasteiger partial charge in [0.25, 0.3) is 0 Å². The van der Waals surface area contributed by atoms with Crippen LogP contribution in [0, 0.1) is 5.92 Å². The standard InChI is InChI=1S/C24H46N6/c1-3-25-23(29-16-9-22(20-29)19-28-12-7-8-13-28)26-21-24(10-17-27(2)18-11-24)30-14-5-4-6-15-30/h22H,3-21H2,1-2H3,(H,25,26). The first-order valence-electron chi connectivity index (χ1n) is 12.9. The quantitative estimate of drug-likeness (QED) is 0.529. The average Bonchev–Trinajstić information content (AvgIpc) is 3.46. The Morgan fingerprint density at radius 3 is 2.33 bits per heavy atom. The molecule has 0 saturated carbocycles. The fraction of sp³-hybridized carbons (Fsp3) is 0.958. The second kappa shape index (κ2) is 10.6. The number of aliphatic imine (C=N–C) groups is 1. The highest BCUT2D eigenvalue weighted by Crippen LogP contribution is 2.32. The zero-order valence-electron chi connectivity index (χ0n) is 19.7. The van der Waals surface area contributed by atoms with Crippen molar-refractivity contribution >= 4 is 5.96 Å². The number of hydrogen-bond acceptors (Lipinski definition) is 4. The molecule has 0 aliphatic carbocycles. The lowest BCUT2D eigenvalue weighted by Crippen LogP contribution is -2.58. The van der Waals surface area contributed by atoms with E-state index in [2.05, 4.69) is 38.9 Å². The van der Waals surface area contributed by atoms with Crippen molar-refractivity contribution < 1.29 is 0 Å². The van der Waals surface area contributed by atoms with E-state index in [1.165, 1.54) is 116 Å². The minimum Gasteiger partial charge on any atom is -0.357 e. The van der Waals surface area contributed by atoms with Gasteiger partial charge in [-0.25, -0.2) is 0 Å². The van der Waals surface area contributed by atoms with Gasteiger partial charge in [0.1, 0.15) is 0 Å². The Labute approximate surface area is 185 Å². The molecule has 0 bridgehead atoms. The third-order valence-electron chi connectivity index (χ3n) is 8.10. The smallest absolute Gasteiger partial charge is 0.193 e. The predicted octanol–water partition coefficient (Wildman–Crippen LogP) is 2.32. The summed E-state index contributed by atoms with van der Waals surface area (Å²) in [5.41, 5.74) is 0.280. The van der Waals surface area contributed by atoms with Gasteiger partial charge in [0.2, 0.25) is 0 Å². The molecule has 4 rings (SSSR count). The number of rotatable bonds is 6. The Balaban J connectivity index is 1.41. The molecule has 1 N–H and O–H groups in total. The second-order valence-corrected chi connectivity index (χ2v) is 10.4. The molecule has 6 heteroatoms. The topological polar surface area (TPSA) is 37.4 Å². The molecule has 4 aliphatic heterocycles. The van der Waals surface area contributed by atoms with Crippen molar-refractivity contribution in [1.29, 1.82) is 0 Å². The van der Waals surface area contributed by atoms with Crippen LogP contribution in [0.2, 0.25) is 0 Å². The number of hydrogen-bond donors (Lipinski definition) is 1. The molecule has 0 aromatic rings. The molecular formula is C24H46N6. The SMILES string of the molecule is CCNC(=NCC1(N2CCCCC2)CCN(C)CC1)N1CCC(CN2CCCC2)C1. The van der Waals surface area contributed by atoms with Crippen molar-refractivity contribution in [2.75, 3.05) is 79.0 Å². The summed E-state index contributed by atoms with van der Waals surface area (Å²) in [7, 11) is 2.28. The van der Waals surface area contributed by atoms with Crippen molar-refractivity contribution in [2.24, 2.45) is 10.9 Å². The van der Waals surface area contributed by atoms with Crippen molar-refractivity contribution in [3.63, 3.8) is 0 Å². The summed E-state index contributed by atoms with van der Waals surface area (Å²) in [4.78, 5) is 15.9. The van der Waals surface area contributed by atoms with Gasteiger partial charge in [-0.2, -0.15) is 0 Å². The lowest BCUT2D eigenvalue weighted by molar-refractivity contribution is 0.0206. The lowest BCUT2D eigenvalue weighted by Gasteiger charge is -2.49. The lowest BCUT2D eigenvalue weighted by atomic mass is 9.84. The van der Waals surface area contributed by atoms with E-state index >= 15 is 0 Å². The van der Waals surface area contributed by atoms with Gasteiger partial charge in [0, 0.05) is 31.7 Å². The Bertz CT molecular complexity index is 544. The van der Waals surface area contributed by atoms with Gasteiger partial charge in [-0.05, 0) is 104 Å². The maximum atomic E-state index is 5.32. The normalized spacial score (nSPS) is 29.6. The molecule has 4 aliphatic rings. The summed E-state index contributed by atoms with van der Waals surface area (Å²) in [6.07, 6.45) is 10.8. The van der Waals surface area contributed by atoms with Crippen LogP contribution in [0.1, 0.15) is 58.3 Å². The Kier molecular flexibility index (Phi) is 7.93. The predicted molar refractivity (Wildman–Crippen MR) is 126 cm³/mol. The number of guanidine groups is 1. The number of piperidine rings is 2.